The lowest BCUT2D eigenvalue weighted by molar-refractivity contribution is -0.141. The fourth-order valence-corrected chi connectivity index (χ4v) is 5.99. The largest absolute Gasteiger partial charge is 0.495 e. The monoisotopic (exact) mass is 633 g/mol. The average Bonchev–Trinajstić information content (AvgIpc) is 2.95. The highest BCUT2D eigenvalue weighted by Crippen LogP contribution is 2.30. The van der Waals surface area contributed by atoms with Crippen molar-refractivity contribution in [1.29, 1.82) is 0 Å². The van der Waals surface area contributed by atoms with Crippen LogP contribution in [0.25, 0.3) is 0 Å². The molecule has 0 aliphatic heterocycles. The van der Waals surface area contributed by atoms with Gasteiger partial charge in [0, 0.05) is 37.5 Å². The van der Waals surface area contributed by atoms with Crippen molar-refractivity contribution in [3.63, 3.8) is 0 Å². The van der Waals surface area contributed by atoms with Crippen LogP contribution in [0, 0.1) is 0 Å². The van der Waals surface area contributed by atoms with Crippen molar-refractivity contribution in [3.8, 4) is 5.75 Å². The van der Waals surface area contributed by atoms with Gasteiger partial charge >= 0.3 is 0 Å². The van der Waals surface area contributed by atoms with Crippen molar-refractivity contribution in [2.75, 3.05) is 30.8 Å². The Kier molecular flexibility index (Phi) is 12.5. The lowest BCUT2D eigenvalue weighted by atomic mass is 10.0. The van der Waals surface area contributed by atoms with Crippen molar-refractivity contribution in [1.82, 2.24) is 10.2 Å². The molecule has 11 heteroatoms. The molecule has 1 atom stereocenters. The Morgan fingerprint density at radius 2 is 1.69 bits per heavy atom. The number of anilines is 1. The van der Waals surface area contributed by atoms with E-state index in [-0.39, 0.29) is 42.8 Å². The first kappa shape index (κ1) is 33.2. The van der Waals surface area contributed by atoms with E-state index in [0.29, 0.717) is 29.4 Å². The molecule has 0 heterocycles. The van der Waals surface area contributed by atoms with E-state index in [4.69, 9.17) is 27.9 Å². The molecule has 3 rings (SSSR count). The second-order valence-electron chi connectivity index (χ2n) is 9.91. The van der Waals surface area contributed by atoms with Crippen LogP contribution in [0.2, 0.25) is 10.0 Å². The molecule has 0 radical (unpaired) electrons. The topological polar surface area (TPSA) is 96.0 Å². The van der Waals surface area contributed by atoms with E-state index in [1.807, 2.05) is 43.3 Å². The molecule has 2 amide bonds. The van der Waals surface area contributed by atoms with Crippen LogP contribution < -0.4 is 14.4 Å². The second-order valence-corrected chi connectivity index (χ2v) is 12.7. The van der Waals surface area contributed by atoms with E-state index in [9.17, 15) is 18.0 Å². The Morgan fingerprint density at radius 1 is 0.976 bits per heavy atom. The molecule has 0 saturated carbocycles. The van der Waals surface area contributed by atoms with Gasteiger partial charge in [0.1, 0.15) is 11.8 Å². The maximum absolute atomic E-state index is 13.9. The number of carbonyl (C=O) groups excluding carboxylic acids is 2. The van der Waals surface area contributed by atoms with E-state index in [2.05, 4.69) is 5.32 Å². The highest BCUT2D eigenvalue weighted by atomic mass is 35.5. The number of hydrogen-bond donors (Lipinski definition) is 1. The van der Waals surface area contributed by atoms with Gasteiger partial charge in [-0.25, -0.2) is 8.42 Å². The number of rotatable bonds is 15. The van der Waals surface area contributed by atoms with Gasteiger partial charge in [0.05, 0.1) is 24.1 Å². The Bertz CT molecular complexity index is 1450. The third-order valence-electron chi connectivity index (χ3n) is 6.64. The van der Waals surface area contributed by atoms with Crippen LogP contribution in [-0.4, -0.2) is 57.6 Å². The predicted molar refractivity (Wildman–Crippen MR) is 169 cm³/mol. The van der Waals surface area contributed by atoms with Crippen LogP contribution in [0.1, 0.15) is 37.3 Å². The van der Waals surface area contributed by atoms with Crippen LogP contribution in [-0.2, 0) is 32.6 Å². The van der Waals surface area contributed by atoms with Crippen molar-refractivity contribution in [2.45, 2.75) is 45.2 Å². The lowest BCUT2D eigenvalue weighted by Gasteiger charge is -2.32. The van der Waals surface area contributed by atoms with Crippen LogP contribution >= 0.6 is 23.2 Å². The van der Waals surface area contributed by atoms with Crippen molar-refractivity contribution < 1.29 is 22.7 Å². The van der Waals surface area contributed by atoms with Crippen molar-refractivity contribution >= 4 is 50.7 Å². The summed E-state index contributed by atoms with van der Waals surface area (Å²) in [5, 5.41) is 3.74. The van der Waals surface area contributed by atoms with Gasteiger partial charge in [-0.05, 0) is 54.3 Å². The molecule has 0 unspecified atom stereocenters. The maximum Gasteiger partial charge on any atom is 0.243 e. The molecule has 8 nitrogen and oxygen atoms in total. The maximum atomic E-state index is 13.9. The van der Waals surface area contributed by atoms with E-state index < -0.39 is 16.1 Å². The number of nitrogens with zero attached hydrogens (tertiary/aromatic N) is 2. The van der Waals surface area contributed by atoms with Crippen molar-refractivity contribution in [2.24, 2.45) is 0 Å². The van der Waals surface area contributed by atoms with Crippen LogP contribution in [0.3, 0.4) is 0 Å². The van der Waals surface area contributed by atoms with Gasteiger partial charge < -0.3 is 15.0 Å². The summed E-state index contributed by atoms with van der Waals surface area (Å²) in [4.78, 5) is 28.9. The molecule has 0 bridgehead atoms. The van der Waals surface area contributed by atoms with Gasteiger partial charge in [0.15, 0.2) is 0 Å². The number of amides is 2. The molecular formula is C31H37Cl2N3O5S. The summed E-state index contributed by atoms with van der Waals surface area (Å²) in [7, 11) is -2.20. The smallest absolute Gasteiger partial charge is 0.243 e. The fourth-order valence-electron chi connectivity index (χ4n) is 4.57. The fraction of sp³-hybridized carbons (Fsp3) is 0.355. The minimum Gasteiger partial charge on any atom is -0.495 e. The highest BCUT2D eigenvalue weighted by molar-refractivity contribution is 7.92. The predicted octanol–water partition coefficient (Wildman–Crippen LogP) is 5.71. The van der Waals surface area contributed by atoms with E-state index in [1.165, 1.54) is 17.5 Å². The number of ether oxygens (including phenoxy) is 1. The van der Waals surface area contributed by atoms with Crippen LogP contribution in [0.4, 0.5) is 5.69 Å². The molecule has 3 aromatic carbocycles. The van der Waals surface area contributed by atoms with E-state index >= 15 is 0 Å². The quantitative estimate of drug-likeness (QED) is 0.231. The van der Waals surface area contributed by atoms with Crippen LogP contribution in [0.5, 0.6) is 5.75 Å². The first-order valence-electron chi connectivity index (χ1n) is 13.7. The normalized spacial score (nSPS) is 11.9. The molecule has 0 aliphatic carbocycles. The molecule has 0 spiro atoms. The SMILES string of the molecule is CCCNC(=O)[C@@H](Cc1ccccc1)N(Cc1cccc(Cl)c1)C(=O)CCCN(c1ccc(OC)c(Cl)c1)S(C)(=O)=O. The number of methoxy groups -OCH3 is 1. The third-order valence-corrected chi connectivity index (χ3v) is 8.36. The molecule has 0 aliphatic rings. The summed E-state index contributed by atoms with van der Waals surface area (Å²) in [5.41, 5.74) is 2.06. The molecule has 0 fully saturated rings. The number of carbonyl (C=O) groups is 2. The van der Waals surface area contributed by atoms with Crippen molar-refractivity contribution in [3.05, 3.63) is 94.0 Å². The van der Waals surface area contributed by atoms with E-state index in [1.54, 1.807) is 35.2 Å². The Hall–Kier alpha value is -3.27. The Labute approximate surface area is 258 Å². The molecule has 42 heavy (non-hydrogen) atoms. The zero-order chi connectivity index (χ0) is 30.7. The summed E-state index contributed by atoms with van der Waals surface area (Å²) in [6, 6.07) is 20.6. The summed E-state index contributed by atoms with van der Waals surface area (Å²) < 4.78 is 31.7. The molecule has 1 N–H and O–H groups in total. The molecular weight excluding hydrogens is 597 g/mol. The second kappa shape index (κ2) is 15.8. The zero-order valence-electron chi connectivity index (χ0n) is 24.1. The number of halogens is 2. The number of hydrogen-bond acceptors (Lipinski definition) is 5. The molecule has 0 aromatic heterocycles. The average molecular weight is 635 g/mol. The highest BCUT2D eigenvalue weighted by Gasteiger charge is 2.30. The van der Waals surface area contributed by atoms with Gasteiger partial charge in [-0.15, -0.1) is 0 Å². The Morgan fingerprint density at radius 3 is 2.31 bits per heavy atom. The van der Waals surface area contributed by atoms with Crippen LogP contribution in [0.15, 0.2) is 72.8 Å². The standard InChI is InChI=1S/C31H37Cl2N3O5S/c1-4-17-34-31(38)28(20-23-10-6-5-7-11-23)35(22-24-12-8-13-25(32)19-24)30(37)14-9-18-36(42(3,39)40)26-15-16-29(41-2)27(33)21-26/h5-8,10-13,15-16,19,21,28H,4,9,14,17-18,20,22H2,1-3H3,(H,34,38)/t28-/m1/s1. The summed E-state index contributed by atoms with van der Waals surface area (Å²) in [6.45, 7) is 2.66. The minimum atomic E-state index is -3.68. The van der Waals surface area contributed by atoms with Gasteiger partial charge in [-0.2, -0.15) is 0 Å². The summed E-state index contributed by atoms with van der Waals surface area (Å²) in [6.07, 6.45) is 2.41. The summed E-state index contributed by atoms with van der Waals surface area (Å²) in [5.74, 6) is -0.100. The van der Waals surface area contributed by atoms with E-state index in [0.717, 1.165) is 23.8 Å². The van der Waals surface area contributed by atoms with Gasteiger partial charge in [-0.3, -0.25) is 13.9 Å². The van der Waals surface area contributed by atoms with Gasteiger partial charge in [-0.1, -0.05) is 72.6 Å². The molecule has 3 aromatic rings. The third kappa shape index (κ3) is 9.64. The minimum absolute atomic E-state index is 0.0167. The lowest BCUT2D eigenvalue weighted by Crippen LogP contribution is -2.50. The van der Waals surface area contributed by atoms with Gasteiger partial charge in [0.2, 0.25) is 21.8 Å². The Balaban J connectivity index is 1.87. The summed E-state index contributed by atoms with van der Waals surface area (Å²) >= 11 is 12.5. The first-order chi connectivity index (χ1) is 20.0. The van der Waals surface area contributed by atoms with Gasteiger partial charge in [0.25, 0.3) is 0 Å². The zero-order valence-corrected chi connectivity index (χ0v) is 26.4. The first-order valence-corrected chi connectivity index (χ1v) is 16.3. The molecule has 0 saturated heterocycles. The number of nitrogens with one attached hydrogen (secondary N) is 1. The number of sulfonamides is 1. The molecule has 226 valence electrons. The number of benzene rings is 3.